The summed E-state index contributed by atoms with van der Waals surface area (Å²) in [5.74, 6) is -0.0369. The second-order valence-electron chi connectivity index (χ2n) is 5.81. The van der Waals surface area contributed by atoms with E-state index in [4.69, 9.17) is 16.3 Å². The van der Waals surface area contributed by atoms with Crippen molar-refractivity contribution >= 4 is 23.2 Å². The highest BCUT2D eigenvalue weighted by molar-refractivity contribution is 6.30. The molecular formula is C17H21ClN4O2. The lowest BCUT2D eigenvalue weighted by Crippen LogP contribution is -2.35. The number of benzene rings is 1. The van der Waals surface area contributed by atoms with Gasteiger partial charge in [-0.3, -0.25) is 14.4 Å². The van der Waals surface area contributed by atoms with Crippen molar-refractivity contribution in [1.29, 1.82) is 0 Å². The minimum Gasteiger partial charge on any atom is -0.379 e. The second kappa shape index (κ2) is 8.28. The Hall–Kier alpha value is -1.89. The van der Waals surface area contributed by atoms with Crippen LogP contribution in [0.5, 0.6) is 0 Å². The monoisotopic (exact) mass is 348 g/mol. The van der Waals surface area contributed by atoms with E-state index in [9.17, 15) is 4.79 Å². The summed E-state index contributed by atoms with van der Waals surface area (Å²) in [5, 5.41) is 7.58. The van der Waals surface area contributed by atoms with Gasteiger partial charge in [-0.2, -0.15) is 5.10 Å². The number of nitrogens with zero attached hydrogens (tertiary/aromatic N) is 3. The molecule has 2 heterocycles. The zero-order valence-electron chi connectivity index (χ0n) is 13.4. The van der Waals surface area contributed by atoms with Crippen molar-refractivity contribution < 1.29 is 9.53 Å². The maximum Gasteiger partial charge on any atom is 0.226 e. The minimum absolute atomic E-state index is 0.0369. The fraction of sp³-hybridized carbons (Fsp3) is 0.412. The molecule has 1 saturated heterocycles. The molecule has 6 nitrogen and oxygen atoms in total. The number of aromatic nitrogens is 2. The van der Waals surface area contributed by atoms with Gasteiger partial charge in [0.15, 0.2) is 0 Å². The Kier molecular flexibility index (Phi) is 5.85. The van der Waals surface area contributed by atoms with Crippen LogP contribution in [-0.2, 0) is 22.6 Å². The summed E-state index contributed by atoms with van der Waals surface area (Å²) in [7, 11) is 0. The lowest BCUT2D eigenvalue weighted by molar-refractivity contribution is -0.116. The van der Waals surface area contributed by atoms with Crippen LogP contribution in [0.3, 0.4) is 0 Å². The third kappa shape index (κ3) is 5.06. The summed E-state index contributed by atoms with van der Waals surface area (Å²) in [6.45, 7) is 4.85. The molecule has 24 heavy (non-hydrogen) atoms. The maximum absolute atomic E-state index is 12.1. The Morgan fingerprint density at radius 3 is 2.92 bits per heavy atom. The van der Waals surface area contributed by atoms with Gasteiger partial charge in [-0.15, -0.1) is 0 Å². The van der Waals surface area contributed by atoms with Gasteiger partial charge in [-0.25, -0.2) is 0 Å². The molecule has 1 aliphatic heterocycles. The smallest absolute Gasteiger partial charge is 0.226 e. The van der Waals surface area contributed by atoms with Crippen molar-refractivity contribution in [3.05, 3.63) is 47.2 Å². The summed E-state index contributed by atoms with van der Waals surface area (Å²) in [6.07, 6.45) is 3.62. The van der Waals surface area contributed by atoms with Crippen molar-refractivity contribution in [2.75, 3.05) is 31.6 Å². The molecule has 1 aromatic carbocycles. The molecule has 1 N–H and O–H groups in total. The Bertz CT molecular complexity index is 683. The molecule has 1 aromatic heterocycles. The Labute approximate surface area is 146 Å². The first-order chi connectivity index (χ1) is 11.7. The molecule has 128 valence electrons. The number of carbonyl (C=O) groups is 1. The SMILES string of the molecule is O=C(CCn1cc(Cl)cn1)Nc1cccc(CN2CCOCC2)c1. The topological polar surface area (TPSA) is 59.4 Å². The predicted octanol–water partition coefficient (Wildman–Crippen LogP) is 2.40. The van der Waals surface area contributed by atoms with Gasteiger partial charge >= 0.3 is 0 Å². The lowest BCUT2D eigenvalue weighted by Gasteiger charge is -2.26. The van der Waals surface area contributed by atoms with E-state index in [1.165, 1.54) is 5.56 Å². The molecule has 7 heteroatoms. The molecule has 3 rings (SSSR count). The van der Waals surface area contributed by atoms with Crippen LogP contribution in [0.1, 0.15) is 12.0 Å². The van der Waals surface area contributed by atoms with E-state index in [0.29, 0.717) is 18.0 Å². The normalized spacial score (nSPS) is 15.4. The fourth-order valence-corrected chi connectivity index (χ4v) is 2.82. The lowest BCUT2D eigenvalue weighted by atomic mass is 10.1. The number of ether oxygens (including phenoxy) is 1. The van der Waals surface area contributed by atoms with Gasteiger partial charge in [0.25, 0.3) is 0 Å². The summed E-state index contributed by atoms with van der Waals surface area (Å²) in [5.41, 5.74) is 2.01. The number of rotatable bonds is 6. The highest BCUT2D eigenvalue weighted by atomic mass is 35.5. The standard InChI is InChI=1S/C17H21ClN4O2/c18-15-11-19-22(13-15)5-4-17(23)20-16-3-1-2-14(10-16)12-21-6-8-24-9-7-21/h1-3,10-11,13H,4-9,12H2,(H,20,23). The number of anilines is 1. The average molecular weight is 349 g/mol. The van der Waals surface area contributed by atoms with Gasteiger partial charge in [0, 0.05) is 44.5 Å². The van der Waals surface area contributed by atoms with Crippen LogP contribution in [0.4, 0.5) is 5.69 Å². The molecular weight excluding hydrogens is 328 g/mol. The van der Waals surface area contributed by atoms with E-state index in [0.717, 1.165) is 38.5 Å². The minimum atomic E-state index is -0.0369. The summed E-state index contributed by atoms with van der Waals surface area (Å²) >= 11 is 5.81. The molecule has 0 radical (unpaired) electrons. The number of hydrogen-bond donors (Lipinski definition) is 1. The number of amides is 1. The Morgan fingerprint density at radius 1 is 1.33 bits per heavy atom. The van der Waals surface area contributed by atoms with Crippen LogP contribution in [0.2, 0.25) is 5.02 Å². The van der Waals surface area contributed by atoms with Crippen LogP contribution in [-0.4, -0.2) is 46.9 Å². The third-order valence-electron chi connectivity index (χ3n) is 3.89. The van der Waals surface area contributed by atoms with E-state index in [2.05, 4.69) is 21.4 Å². The van der Waals surface area contributed by atoms with Crippen LogP contribution in [0, 0.1) is 0 Å². The van der Waals surface area contributed by atoms with Crippen LogP contribution in [0.15, 0.2) is 36.7 Å². The van der Waals surface area contributed by atoms with Crippen molar-refractivity contribution in [3.8, 4) is 0 Å². The molecule has 0 spiro atoms. The van der Waals surface area contributed by atoms with Gasteiger partial charge in [-0.1, -0.05) is 23.7 Å². The van der Waals surface area contributed by atoms with Crippen molar-refractivity contribution in [3.63, 3.8) is 0 Å². The number of carbonyl (C=O) groups excluding carboxylic acids is 1. The molecule has 1 fully saturated rings. The molecule has 0 bridgehead atoms. The number of aryl methyl sites for hydroxylation is 1. The number of morpholine rings is 1. The van der Waals surface area contributed by atoms with E-state index in [1.807, 2.05) is 18.2 Å². The maximum atomic E-state index is 12.1. The summed E-state index contributed by atoms with van der Waals surface area (Å²) < 4.78 is 7.03. The first kappa shape index (κ1) is 17.0. The molecule has 0 aliphatic carbocycles. The zero-order chi connectivity index (χ0) is 16.8. The summed E-state index contributed by atoms with van der Waals surface area (Å²) in [6, 6.07) is 7.99. The number of nitrogens with one attached hydrogen (secondary N) is 1. The van der Waals surface area contributed by atoms with E-state index < -0.39 is 0 Å². The van der Waals surface area contributed by atoms with Crippen molar-refractivity contribution in [2.24, 2.45) is 0 Å². The molecule has 2 aromatic rings. The molecule has 0 unspecified atom stereocenters. The van der Waals surface area contributed by atoms with Gasteiger partial charge in [0.05, 0.1) is 24.4 Å². The first-order valence-corrected chi connectivity index (χ1v) is 8.44. The fourth-order valence-electron chi connectivity index (χ4n) is 2.67. The van der Waals surface area contributed by atoms with E-state index in [1.54, 1.807) is 17.1 Å². The van der Waals surface area contributed by atoms with E-state index in [-0.39, 0.29) is 5.91 Å². The van der Waals surface area contributed by atoms with Gasteiger partial charge in [-0.05, 0) is 17.7 Å². The van der Waals surface area contributed by atoms with Gasteiger partial charge in [0.1, 0.15) is 0 Å². The quantitative estimate of drug-likeness (QED) is 0.870. The van der Waals surface area contributed by atoms with Crippen LogP contribution >= 0.6 is 11.6 Å². The Morgan fingerprint density at radius 2 is 2.17 bits per heavy atom. The largest absolute Gasteiger partial charge is 0.379 e. The zero-order valence-corrected chi connectivity index (χ0v) is 14.2. The predicted molar refractivity (Wildman–Crippen MR) is 93.0 cm³/mol. The van der Waals surface area contributed by atoms with Crippen LogP contribution < -0.4 is 5.32 Å². The Balaban J connectivity index is 1.50. The van der Waals surface area contributed by atoms with Crippen molar-refractivity contribution in [2.45, 2.75) is 19.5 Å². The number of hydrogen-bond acceptors (Lipinski definition) is 4. The average Bonchev–Trinajstić information content (AvgIpc) is 3.00. The first-order valence-electron chi connectivity index (χ1n) is 8.06. The second-order valence-corrected chi connectivity index (χ2v) is 6.25. The van der Waals surface area contributed by atoms with Crippen molar-refractivity contribution in [1.82, 2.24) is 14.7 Å². The number of halogens is 1. The molecule has 1 aliphatic rings. The molecule has 1 amide bonds. The van der Waals surface area contributed by atoms with E-state index >= 15 is 0 Å². The van der Waals surface area contributed by atoms with Gasteiger partial charge in [0.2, 0.25) is 5.91 Å². The highest BCUT2D eigenvalue weighted by Gasteiger charge is 2.11. The molecule has 0 atom stereocenters. The molecule has 0 saturated carbocycles. The summed E-state index contributed by atoms with van der Waals surface area (Å²) in [4.78, 5) is 14.4. The van der Waals surface area contributed by atoms with Crippen LogP contribution in [0.25, 0.3) is 0 Å². The highest BCUT2D eigenvalue weighted by Crippen LogP contribution is 2.14. The van der Waals surface area contributed by atoms with Gasteiger partial charge < -0.3 is 10.1 Å². The third-order valence-corrected chi connectivity index (χ3v) is 4.09.